The van der Waals surface area contributed by atoms with Gasteiger partial charge in [0.2, 0.25) is 11.8 Å². The van der Waals surface area contributed by atoms with Crippen LogP contribution in [0.1, 0.15) is 56.1 Å². The van der Waals surface area contributed by atoms with E-state index in [1.165, 1.54) is 35.3 Å². The van der Waals surface area contributed by atoms with Crippen molar-refractivity contribution in [3.05, 3.63) is 35.4 Å². The van der Waals surface area contributed by atoms with Crippen molar-refractivity contribution in [2.24, 2.45) is 23.2 Å². The summed E-state index contributed by atoms with van der Waals surface area (Å²) in [5, 5.41) is 6.13. The minimum atomic E-state index is -0.126. The molecule has 5 nitrogen and oxygen atoms in total. The lowest BCUT2D eigenvalue weighted by atomic mass is 9.49. The second kappa shape index (κ2) is 8.47. The molecule has 2 amide bonds. The number of benzene rings is 1. The normalized spacial score (nSPS) is 29.8. The first kappa shape index (κ1) is 20.4. The van der Waals surface area contributed by atoms with E-state index in [0.29, 0.717) is 19.5 Å². The summed E-state index contributed by atoms with van der Waals surface area (Å²) in [6.07, 6.45) is 7.58. The van der Waals surface area contributed by atoms with Gasteiger partial charge in [-0.1, -0.05) is 24.3 Å². The van der Waals surface area contributed by atoms with Crippen molar-refractivity contribution in [1.82, 2.24) is 10.6 Å². The Hall–Kier alpha value is -1.88. The second-order valence-electron chi connectivity index (χ2n) is 10.1. The fraction of sp³-hybridized carbons (Fsp3) is 0.667. The number of rotatable bonds is 8. The molecule has 29 heavy (non-hydrogen) atoms. The summed E-state index contributed by atoms with van der Waals surface area (Å²) in [5.74, 6) is 2.50. The number of hydrogen-bond donors (Lipinski definition) is 3. The van der Waals surface area contributed by atoms with Crippen molar-refractivity contribution in [2.75, 3.05) is 20.6 Å². The minimum absolute atomic E-state index is 0.00261. The van der Waals surface area contributed by atoms with Gasteiger partial charge >= 0.3 is 0 Å². The van der Waals surface area contributed by atoms with Gasteiger partial charge in [-0.25, -0.2) is 0 Å². The summed E-state index contributed by atoms with van der Waals surface area (Å²) < 4.78 is 0. The average Bonchev–Trinajstić information content (AvgIpc) is 2.65. The van der Waals surface area contributed by atoms with E-state index >= 15 is 0 Å². The number of nitrogens with one attached hydrogen (secondary N) is 3. The van der Waals surface area contributed by atoms with Gasteiger partial charge in [0.1, 0.15) is 6.54 Å². The second-order valence-corrected chi connectivity index (χ2v) is 10.1. The van der Waals surface area contributed by atoms with Crippen LogP contribution in [-0.4, -0.2) is 32.5 Å². The van der Waals surface area contributed by atoms with Gasteiger partial charge in [0.05, 0.1) is 14.1 Å². The van der Waals surface area contributed by atoms with E-state index in [-0.39, 0.29) is 17.2 Å². The molecule has 0 unspecified atom stereocenters. The predicted molar refractivity (Wildman–Crippen MR) is 113 cm³/mol. The highest BCUT2D eigenvalue weighted by atomic mass is 16.2. The Morgan fingerprint density at radius 2 is 1.55 bits per heavy atom. The summed E-state index contributed by atoms with van der Waals surface area (Å²) in [6.45, 7) is 1.92. The van der Waals surface area contributed by atoms with Crippen LogP contribution in [0.5, 0.6) is 0 Å². The van der Waals surface area contributed by atoms with Crippen LogP contribution in [-0.2, 0) is 22.7 Å². The number of hydrogen-bond acceptors (Lipinski definition) is 2. The van der Waals surface area contributed by atoms with Crippen molar-refractivity contribution in [2.45, 2.75) is 58.0 Å². The zero-order valence-corrected chi connectivity index (χ0v) is 17.9. The summed E-state index contributed by atoms with van der Waals surface area (Å²) in [4.78, 5) is 26.6. The highest BCUT2D eigenvalue weighted by Gasteiger charge is 2.54. The molecule has 158 valence electrons. The molecular formula is C24H36N3O2+. The Bertz CT molecular complexity index is 723. The molecule has 0 heterocycles. The fourth-order valence-corrected chi connectivity index (χ4v) is 6.43. The third-order valence-corrected chi connectivity index (χ3v) is 7.30. The molecule has 0 radical (unpaired) electrons. The Kier molecular flexibility index (Phi) is 5.95. The van der Waals surface area contributed by atoms with Gasteiger partial charge in [-0.3, -0.25) is 9.59 Å². The molecule has 3 N–H and O–H groups in total. The van der Waals surface area contributed by atoms with Crippen molar-refractivity contribution in [3.63, 3.8) is 0 Å². The molecule has 4 aliphatic carbocycles. The third-order valence-electron chi connectivity index (χ3n) is 7.30. The minimum Gasteiger partial charge on any atom is -0.355 e. The van der Waals surface area contributed by atoms with Gasteiger partial charge in [0, 0.05) is 30.5 Å². The van der Waals surface area contributed by atoms with Crippen LogP contribution in [0, 0.1) is 23.2 Å². The quantitative estimate of drug-likeness (QED) is 0.624. The van der Waals surface area contributed by atoms with E-state index in [1.807, 2.05) is 12.1 Å². The van der Waals surface area contributed by atoms with Gasteiger partial charge < -0.3 is 15.5 Å². The molecule has 5 rings (SSSR count). The van der Waals surface area contributed by atoms with Gasteiger partial charge in [-0.05, 0) is 61.8 Å². The smallest absolute Gasteiger partial charge is 0.226 e. The molecule has 0 aliphatic heterocycles. The first-order valence-electron chi connectivity index (χ1n) is 11.3. The van der Waals surface area contributed by atoms with Crippen molar-refractivity contribution in [3.8, 4) is 0 Å². The fourth-order valence-electron chi connectivity index (χ4n) is 6.43. The molecule has 4 aliphatic rings. The monoisotopic (exact) mass is 398 g/mol. The highest BCUT2D eigenvalue weighted by molar-refractivity contribution is 5.84. The maximum Gasteiger partial charge on any atom is 0.226 e. The lowest BCUT2D eigenvalue weighted by Gasteiger charge is -2.55. The van der Waals surface area contributed by atoms with E-state index in [1.54, 1.807) is 0 Å². The van der Waals surface area contributed by atoms with E-state index < -0.39 is 0 Å². The standard InChI is InChI=1S/C24H35N3O2/c1-27(2)16-21-6-4-3-5-20(21)15-26-22(28)7-8-25-23(29)24-12-17-9-18(13-24)11-19(10-17)14-24/h3-6,17-19H,7-16H2,1-2H3,(H,25,29)(H,26,28)/p+1. The number of amides is 2. The highest BCUT2D eigenvalue weighted by Crippen LogP contribution is 2.60. The zero-order chi connectivity index (χ0) is 20.4. The van der Waals surface area contributed by atoms with Crippen LogP contribution in [0.4, 0.5) is 0 Å². The first-order valence-corrected chi connectivity index (χ1v) is 11.3. The topological polar surface area (TPSA) is 62.6 Å². The SMILES string of the molecule is C[NH+](C)Cc1ccccc1CNC(=O)CCNC(=O)C12CC3CC(CC(C3)C1)C2. The van der Waals surface area contributed by atoms with E-state index in [2.05, 4.69) is 36.9 Å². The molecule has 0 saturated heterocycles. The van der Waals surface area contributed by atoms with Gasteiger partial charge in [0.15, 0.2) is 0 Å². The molecule has 0 atom stereocenters. The van der Waals surface area contributed by atoms with Crippen LogP contribution in [0.25, 0.3) is 0 Å². The molecule has 0 spiro atoms. The predicted octanol–water partition coefficient (Wildman–Crippen LogP) is 1.67. The zero-order valence-electron chi connectivity index (χ0n) is 17.9. The summed E-state index contributed by atoms with van der Waals surface area (Å²) in [7, 11) is 4.25. The van der Waals surface area contributed by atoms with Crippen LogP contribution < -0.4 is 15.5 Å². The maximum absolute atomic E-state index is 13.0. The van der Waals surface area contributed by atoms with Crippen molar-refractivity contribution < 1.29 is 14.5 Å². The molecule has 4 saturated carbocycles. The maximum atomic E-state index is 13.0. The van der Waals surface area contributed by atoms with Gasteiger partial charge in [0.25, 0.3) is 0 Å². The van der Waals surface area contributed by atoms with Crippen LogP contribution in [0.15, 0.2) is 24.3 Å². The van der Waals surface area contributed by atoms with Crippen LogP contribution >= 0.6 is 0 Å². The molecular weight excluding hydrogens is 362 g/mol. The Morgan fingerprint density at radius 3 is 2.14 bits per heavy atom. The summed E-state index contributed by atoms with van der Waals surface area (Å²) in [6, 6.07) is 8.26. The molecule has 5 heteroatoms. The molecule has 4 bridgehead atoms. The third kappa shape index (κ3) is 4.66. The summed E-state index contributed by atoms with van der Waals surface area (Å²) in [5.41, 5.74) is 2.31. The van der Waals surface area contributed by atoms with Gasteiger partial charge in [-0.2, -0.15) is 0 Å². The molecule has 0 aromatic heterocycles. The molecule has 1 aromatic rings. The number of carbonyl (C=O) groups excluding carboxylic acids is 2. The first-order chi connectivity index (χ1) is 13.9. The van der Waals surface area contributed by atoms with Crippen LogP contribution in [0.2, 0.25) is 0 Å². The summed E-state index contributed by atoms with van der Waals surface area (Å²) >= 11 is 0. The number of quaternary nitrogens is 1. The Morgan fingerprint density at radius 1 is 0.966 bits per heavy atom. The molecule has 4 fully saturated rings. The van der Waals surface area contributed by atoms with E-state index in [0.717, 1.165) is 43.6 Å². The lowest BCUT2D eigenvalue weighted by Crippen LogP contribution is -3.04. The van der Waals surface area contributed by atoms with E-state index in [4.69, 9.17) is 0 Å². The lowest BCUT2D eigenvalue weighted by molar-refractivity contribution is -0.872. The van der Waals surface area contributed by atoms with Crippen molar-refractivity contribution >= 4 is 11.8 Å². The van der Waals surface area contributed by atoms with Crippen molar-refractivity contribution in [1.29, 1.82) is 0 Å². The Balaban J connectivity index is 1.22. The van der Waals surface area contributed by atoms with Crippen LogP contribution in [0.3, 0.4) is 0 Å². The van der Waals surface area contributed by atoms with Gasteiger partial charge in [-0.15, -0.1) is 0 Å². The van der Waals surface area contributed by atoms with E-state index in [9.17, 15) is 9.59 Å². The number of carbonyl (C=O) groups is 2. The molecule has 1 aromatic carbocycles. The Labute approximate surface area is 174 Å². The average molecular weight is 399 g/mol. The largest absolute Gasteiger partial charge is 0.355 e.